The third-order valence-electron chi connectivity index (χ3n) is 6.61. The molecule has 2 amide bonds. The van der Waals surface area contributed by atoms with Gasteiger partial charge in [0.05, 0.1) is 20.0 Å². The van der Waals surface area contributed by atoms with Gasteiger partial charge < -0.3 is 20.1 Å². The Morgan fingerprint density at radius 3 is 2.19 bits per heavy atom. The molecular formula is C35H34N2O5S. The summed E-state index contributed by atoms with van der Waals surface area (Å²) < 4.78 is 10.6. The molecule has 2 N–H and O–H groups in total. The third-order valence-corrected chi connectivity index (χ3v) is 7.60. The smallest absolute Gasteiger partial charge is 0.272 e. The van der Waals surface area contributed by atoms with Crippen molar-refractivity contribution in [2.24, 2.45) is 0 Å². The minimum Gasteiger partial charge on any atom is -0.493 e. The van der Waals surface area contributed by atoms with Crippen molar-refractivity contribution in [1.29, 1.82) is 0 Å². The first-order valence-electron chi connectivity index (χ1n) is 13.7. The highest BCUT2D eigenvalue weighted by atomic mass is 32.2. The summed E-state index contributed by atoms with van der Waals surface area (Å²) >= 11 is 1.35. The molecule has 4 rings (SSSR count). The molecule has 8 heteroatoms. The summed E-state index contributed by atoms with van der Waals surface area (Å²) in [5.74, 6) is 0.672. The van der Waals surface area contributed by atoms with Crippen molar-refractivity contribution in [3.05, 3.63) is 125 Å². The van der Waals surface area contributed by atoms with Gasteiger partial charge in [0.2, 0.25) is 0 Å². The van der Waals surface area contributed by atoms with Crippen molar-refractivity contribution in [3.8, 4) is 11.5 Å². The van der Waals surface area contributed by atoms with Crippen LogP contribution in [0.15, 0.2) is 108 Å². The Hall–Kier alpha value is -4.82. The fraction of sp³-hybridized carbons (Fsp3) is 0.171. The number of rotatable bonds is 12. The summed E-state index contributed by atoms with van der Waals surface area (Å²) in [7, 11) is 3.07. The number of carbonyl (C=O) groups is 3. The molecule has 0 unspecified atom stereocenters. The van der Waals surface area contributed by atoms with Gasteiger partial charge in [-0.05, 0) is 71.7 Å². The van der Waals surface area contributed by atoms with E-state index in [0.717, 1.165) is 10.5 Å². The molecule has 43 heavy (non-hydrogen) atoms. The lowest BCUT2D eigenvalue weighted by Crippen LogP contribution is -2.30. The number of methoxy groups -OCH3 is 2. The SMILES string of the molecule is COc1ccc(C(=O)CSc2cccc(NC(=O)/C(=C/c3ccc(C(C)C)cc3)NC(=O)c3ccccc3)c2)cc1OC. The molecule has 220 valence electrons. The van der Waals surface area contributed by atoms with Gasteiger partial charge in [-0.25, -0.2) is 0 Å². The molecule has 0 aliphatic heterocycles. The Labute approximate surface area is 256 Å². The van der Waals surface area contributed by atoms with E-state index >= 15 is 0 Å². The molecule has 7 nitrogen and oxygen atoms in total. The van der Waals surface area contributed by atoms with E-state index in [0.29, 0.717) is 34.2 Å². The van der Waals surface area contributed by atoms with Crippen LogP contribution in [0.1, 0.15) is 51.6 Å². The number of nitrogens with one attached hydrogen (secondary N) is 2. The van der Waals surface area contributed by atoms with Gasteiger partial charge in [-0.3, -0.25) is 14.4 Å². The number of amides is 2. The van der Waals surface area contributed by atoms with Gasteiger partial charge in [0.1, 0.15) is 5.70 Å². The molecule has 0 fully saturated rings. The zero-order chi connectivity index (χ0) is 30.8. The molecule has 0 aromatic heterocycles. The van der Waals surface area contributed by atoms with Crippen molar-refractivity contribution >= 4 is 41.1 Å². The summed E-state index contributed by atoms with van der Waals surface area (Å²) in [5, 5.41) is 5.66. The average Bonchev–Trinajstić information content (AvgIpc) is 3.03. The van der Waals surface area contributed by atoms with E-state index in [4.69, 9.17) is 9.47 Å². The van der Waals surface area contributed by atoms with Crippen LogP contribution in [0.5, 0.6) is 11.5 Å². The lowest BCUT2D eigenvalue weighted by atomic mass is 10.0. The molecule has 0 spiro atoms. The van der Waals surface area contributed by atoms with Gasteiger partial charge in [-0.2, -0.15) is 0 Å². The summed E-state index contributed by atoms with van der Waals surface area (Å²) in [6, 6.07) is 28.9. The Morgan fingerprint density at radius 1 is 0.791 bits per heavy atom. The van der Waals surface area contributed by atoms with Crippen molar-refractivity contribution in [2.45, 2.75) is 24.7 Å². The number of ether oxygens (including phenoxy) is 2. The molecule has 4 aromatic rings. The predicted octanol–water partition coefficient (Wildman–Crippen LogP) is 7.21. The van der Waals surface area contributed by atoms with Crippen molar-refractivity contribution < 1.29 is 23.9 Å². The number of hydrogen-bond acceptors (Lipinski definition) is 6. The normalized spacial score (nSPS) is 11.1. The van der Waals surface area contributed by atoms with Crippen LogP contribution in [0.4, 0.5) is 5.69 Å². The Bertz CT molecular complexity index is 1620. The highest BCUT2D eigenvalue weighted by molar-refractivity contribution is 8.00. The molecule has 0 aliphatic rings. The molecule has 0 saturated carbocycles. The topological polar surface area (TPSA) is 93.7 Å². The fourth-order valence-corrected chi connectivity index (χ4v) is 5.04. The van der Waals surface area contributed by atoms with Crippen LogP contribution in [0.2, 0.25) is 0 Å². The van der Waals surface area contributed by atoms with Crippen molar-refractivity contribution in [1.82, 2.24) is 5.32 Å². The van der Waals surface area contributed by atoms with Gasteiger partial charge in [-0.15, -0.1) is 11.8 Å². The summed E-state index contributed by atoms with van der Waals surface area (Å²) in [5.41, 5.74) is 3.54. The molecule has 0 heterocycles. The van der Waals surface area contributed by atoms with E-state index in [1.54, 1.807) is 73.8 Å². The van der Waals surface area contributed by atoms with Crippen LogP contribution >= 0.6 is 11.8 Å². The van der Waals surface area contributed by atoms with Gasteiger partial charge >= 0.3 is 0 Å². The van der Waals surface area contributed by atoms with E-state index in [1.807, 2.05) is 36.4 Å². The first kappa shape index (κ1) is 31.1. The largest absolute Gasteiger partial charge is 0.493 e. The number of thioether (sulfide) groups is 1. The Balaban J connectivity index is 1.49. The monoisotopic (exact) mass is 594 g/mol. The lowest BCUT2D eigenvalue weighted by Gasteiger charge is -2.13. The second-order valence-corrected chi connectivity index (χ2v) is 11.0. The molecule has 0 saturated heterocycles. The maximum atomic E-state index is 13.5. The third kappa shape index (κ3) is 8.59. The summed E-state index contributed by atoms with van der Waals surface area (Å²) in [4.78, 5) is 40.1. The number of hydrogen-bond donors (Lipinski definition) is 2. The van der Waals surface area contributed by atoms with Gasteiger partial charge in [-0.1, -0.05) is 62.4 Å². The average molecular weight is 595 g/mol. The highest BCUT2D eigenvalue weighted by Crippen LogP contribution is 2.29. The quantitative estimate of drug-likeness (QED) is 0.102. The second kappa shape index (κ2) is 14.9. The zero-order valence-electron chi connectivity index (χ0n) is 24.5. The molecular weight excluding hydrogens is 560 g/mol. The second-order valence-electron chi connectivity index (χ2n) is 9.96. The number of ketones is 1. The Kier molecular flexibility index (Phi) is 10.8. The maximum Gasteiger partial charge on any atom is 0.272 e. The fourth-order valence-electron chi connectivity index (χ4n) is 4.19. The van der Waals surface area contributed by atoms with E-state index < -0.39 is 11.8 Å². The van der Waals surface area contributed by atoms with E-state index in [9.17, 15) is 14.4 Å². The standard InChI is InChI=1S/C35H34N2O5S/c1-23(2)25-15-13-24(14-16-25)19-30(37-34(39)26-9-6-5-7-10-26)35(40)36-28-11-8-12-29(21-28)43-22-31(38)27-17-18-32(41-3)33(20-27)42-4/h5-21,23H,22H2,1-4H3,(H,36,40)(H,37,39)/b30-19-. The summed E-state index contributed by atoms with van der Waals surface area (Å²) in [6.45, 7) is 4.23. The summed E-state index contributed by atoms with van der Waals surface area (Å²) in [6.07, 6.45) is 1.65. The minimum absolute atomic E-state index is 0.0716. The van der Waals surface area contributed by atoms with Gasteiger partial charge in [0, 0.05) is 21.7 Å². The molecule has 0 radical (unpaired) electrons. The highest BCUT2D eigenvalue weighted by Gasteiger charge is 2.16. The molecule has 0 bridgehead atoms. The number of carbonyl (C=O) groups excluding carboxylic acids is 3. The maximum absolute atomic E-state index is 13.5. The minimum atomic E-state index is -0.472. The van der Waals surface area contributed by atoms with E-state index in [-0.39, 0.29) is 17.2 Å². The first-order chi connectivity index (χ1) is 20.8. The van der Waals surface area contributed by atoms with Crippen LogP contribution in [0, 0.1) is 0 Å². The van der Waals surface area contributed by atoms with Crippen LogP contribution in [-0.4, -0.2) is 37.6 Å². The van der Waals surface area contributed by atoms with E-state index in [1.165, 1.54) is 24.4 Å². The Morgan fingerprint density at radius 2 is 1.51 bits per heavy atom. The van der Waals surface area contributed by atoms with E-state index in [2.05, 4.69) is 24.5 Å². The number of benzene rings is 4. The van der Waals surface area contributed by atoms with Crippen LogP contribution < -0.4 is 20.1 Å². The van der Waals surface area contributed by atoms with Crippen LogP contribution in [-0.2, 0) is 4.79 Å². The predicted molar refractivity (Wildman–Crippen MR) is 172 cm³/mol. The molecule has 0 aliphatic carbocycles. The number of anilines is 1. The molecule has 0 atom stereocenters. The van der Waals surface area contributed by atoms with Crippen LogP contribution in [0.25, 0.3) is 6.08 Å². The molecule has 4 aromatic carbocycles. The zero-order valence-corrected chi connectivity index (χ0v) is 25.4. The number of Topliss-reactive ketones (excluding diaryl/α,β-unsaturated/α-hetero) is 1. The van der Waals surface area contributed by atoms with Crippen molar-refractivity contribution in [3.63, 3.8) is 0 Å². The first-order valence-corrected chi connectivity index (χ1v) is 14.7. The van der Waals surface area contributed by atoms with Crippen LogP contribution in [0.3, 0.4) is 0 Å². The van der Waals surface area contributed by atoms with Crippen molar-refractivity contribution in [2.75, 3.05) is 25.3 Å². The lowest BCUT2D eigenvalue weighted by molar-refractivity contribution is -0.113. The van der Waals surface area contributed by atoms with Gasteiger partial charge in [0.25, 0.3) is 11.8 Å². The van der Waals surface area contributed by atoms with Gasteiger partial charge in [0.15, 0.2) is 17.3 Å².